The molecule has 0 aliphatic rings. The van der Waals surface area contributed by atoms with Gasteiger partial charge in [0.15, 0.2) is 0 Å². The minimum atomic E-state index is -0.193. The lowest BCUT2D eigenvalue weighted by Gasteiger charge is -2.06. The van der Waals surface area contributed by atoms with E-state index in [-0.39, 0.29) is 5.91 Å². The van der Waals surface area contributed by atoms with Crippen LogP contribution in [0.3, 0.4) is 0 Å². The Balaban J connectivity index is 1.47. The Bertz CT molecular complexity index is 847. The maximum Gasteiger partial charge on any atom is 0.244 e. The first-order chi connectivity index (χ1) is 11.8. The zero-order chi connectivity index (χ0) is 16.6. The van der Waals surface area contributed by atoms with Crippen molar-refractivity contribution in [2.24, 2.45) is 0 Å². The van der Waals surface area contributed by atoms with Gasteiger partial charge in [-0.2, -0.15) is 0 Å². The number of hydrogen-bond donors (Lipinski definition) is 1. The molecule has 0 fully saturated rings. The van der Waals surface area contributed by atoms with Crippen molar-refractivity contribution in [1.82, 2.24) is 15.3 Å². The number of rotatable bonds is 6. The molecule has 0 saturated heterocycles. The fourth-order valence-electron chi connectivity index (χ4n) is 2.13. The zero-order valence-electron chi connectivity index (χ0n) is 13.1. The Labute approximate surface area is 140 Å². The van der Waals surface area contributed by atoms with E-state index < -0.39 is 0 Å². The molecular formula is C19H17N3O2. The number of benzene rings is 2. The normalized spacial score (nSPS) is 10.8. The molecule has 0 radical (unpaired) electrons. The third-order valence-corrected chi connectivity index (χ3v) is 3.29. The Morgan fingerprint density at radius 2 is 1.79 bits per heavy atom. The highest BCUT2D eigenvalue weighted by Gasteiger charge is 1.99. The summed E-state index contributed by atoms with van der Waals surface area (Å²) in [5.74, 6) is 0.593. The third kappa shape index (κ3) is 4.39. The molecular weight excluding hydrogens is 302 g/mol. The van der Waals surface area contributed by atoms with E-state index in [1.165, 1.54) is 6.08 Å². The smallest absolute Gasteiger partial charge is 0.244 e. The molecule has 120 valence electrons. The van der Waals surface area contributed by atoms with E-state index in [1.807, 2.05) is 54.6 Å². The molecule has 0 aliphatic carbocycles. The number of para-hydroxylation sites is 3. The molecule has 2 aromatic carbocycles. The molecule has 24 heavy (non-hydrogen) atoms. The van der Waals surface area contributed by atoms with Gasteiger partial charge in [-0.25, -0.2) is 4.98 Å². The van der Waals surface area contributed by atoms with Crippen molar-refractivity contribution in [3.8, 4) is 5.75 Å². The topological polar surface area (TPSA) is 64.1 Å². The molecule has 3 aromatic rings. The molecule has 1 aromatic heterocycles. The molecule has 1 N–H and O–H groups in total. The van der Waals surface area contributed by atoms with Crippen LogP contribution in [0.1, 0.15) is 5.69 Å². The van der Waals surface area contributed by atoms with E-state index in [0.717, 1.165) is 16.8 Å². The van der Waals surface area contributed by atoms with Crippen molar-refractivity contribution in [3.63, 3.8) is 0 Å². The van der Waals surface area contributed by atoms with Crippen molar-refractivity contribution in [3.05, 3.63) is 72.6 Å². The highest BCUT2D eigenvalue weighted by Crippen LogP contribution is 2.09. The van der Waals surface area contributed by atoms with E-state index in [2.05, 4.69) is 15.3 Å². The molecule has 0 atom stereocenters. The van der Waals surface area contributed by atoms with Crippen LogP contribution in [0, 0.1) is 0 Å². The summed E-state index contributed by atoms with van der Waals surface area (Å²) in [6.07, 6.45) is 4.73. The van der Waals surface area contributed by atoms with E-state index in [4.69, 9.17) is 4.74 Å². The first-order valence-electron chi connectivity index (χ1n) is 7.67. The fourth-order valence-corrected chi connectivity index (χ4v) is 2.13. The maximum atomic E-state index is 11.8. The molecule has 5 nitrogen and oxygen atoms in total. The molecule has 5 heteroatoms. The molecule has 1 heterocycles. The van der Waals surface area contributed by atoms with Gasteiger partial charge in [-0.1, -0.05) is 30.3 Å². The minimum absolute atomic E-state index is 0.193. The summed E-state index contributed by atoms with van der Waals surface area (Å²) >= 11 is 0. The first kappa shape index (κ1) is 15.7. The number of ether oxygens (including phenoxy) is 1. The van der Waals surface area contributed by atoms with Crippen LogP contribution in [0.2, 0.25) is 0 Å². The fraction of sp³-hybridized carbons (Fsp3) is 0.105. The van der Waals surface area contributed by atoms with Crippen LogP contribution in [-0.4, -0.2) is 29.0 Å². The van der Waals surface area contributed by atoms with Crippen LogP contribution in [0.15, 0.2) is 66.9 Å². The molecule has 0 unspecified atom stereocenters. The second kappa shape index (κ2) is 7.87. The number of fused-ring (bicyclic) bond motifs is 1. The number of carbonyl (C=O) groups is 1. The molecule has 1 amide bonds. The van der Waals surface area contributed by atoms with Crippen LogP contribution in [-0.2, 0) is 4.79 Å². The van der Waals surface area contributed by atoms with E-state index in [0.29, 0.717) is 18.8 Å². The lowest BCUT2D eigenvalue weighted by Crippen LogP contribution is -2.26. The van der Waals surface area contributed by atoms with Crippen molar-refractivity contribution < 1.29 is 9.53 Å². The quantitative estimate of drug-likeness (QED) is 0.560. The molecule has 0 saturated carbocycles. The predicted molar refractivity (Wildman–Crippen MR) is 93.5 cm³/mol. The summed E-state index contributed by atoms with van der Waals surface area (Å²) in [6.45, 7) is 0.848. The summed E-state index contributed by atoms with van der Waals surface area (Å²) < 4.78 is 5.51. The maximum absolute atomic E-state index is 11.8. The van der Waals surface area contributed by atoms with Gasteiger partial charge in [0.25, 0.3) is 0 Å². The minimum Gasteiger partial charge on any atom is -0.492 e. The lowest BCUT2D eigenvalue weighted by atomic mass is 10.3. The van der Waals surface area contributed by atoms with Crippen molar-refractivity contribution >= 4 is 23.0 Å². The predicted octanol–water partition coefficient (Wildman–Crippen LogP) is 2.84. The van der Waals surface area contributed by atoms with E-state index in [9.17, 15) is 4.79 Å². The van der Waals surface area contributed by atoms with Crippen LogP contribution in [0.5, 0.6) is 5.75 Å². The van der Waals surface area contributed by atoms with Crippen LogP contribution < -0.4 is 10.1 Å². The van der Waals surface area contributed by atoms with E-state index >= 15 is 0 Å². The van der Waals surface area contributed by atoms with Gasteiger partial charge in [0.1, 0.15) is 12.4 Å². The number of amides is 1. The van der Waals surface area contributed by atoms with Gasteiger partial charge in [-0.05, 0) is 30.3 Å². The van der Waals surface area contributed by atoms with Crippen LogP contribution >= 0.6 is 0 Å². The average molecular weight is 319 g/mol. The Morgan fingerprint density at radius 1 is 1.04 bits per heavy atom. The van der Waals surface area contributed by atoms with Crippen molar-refractivity contribution in [1.29, 1.82) is 0 Å². The Morgan fingerprint density at radius 3 is 2.62 bits per heavy atom. The van der Waals surface area contributed by atoms with Gasteiger partial charge in [-0.3, -0.25) is 9.78 Å². The third-order valence-electron chi connectivity index (χ3n) is 3.29. The van der Waals surface area contributed by atoms with Gasteiger partial charge < -0.3 is 10.1 Å². The Hall–Kier alpha value is -3.21. The second-order valence-corrected chi connectivity index (χ2v) is 5.07. The van der Waals surface area contributed by atoms with Crippen molar-refractivity contribution in [2.45, 2.75) is 0 Å². The number of aromatic nitrogens is 2. The second-order valence-electron chi connectivity index (χ2n) is 5.07. The van der Waals surface area contributed by atoms with Gasteiger partial charge >= 0.3 is 0 Å². The average Bonchev–Trinajstić information content (AvgIpc) is 2.64. The highest BCUT2D eigenvalue weighted by atomic mass is 16.5. The SMILES string of the molecule is O=C(/C=C/c1cnc2ccccc2n1)NCCOc1ccccc1. The summed E-state index contributed by atoms with van der Waals surface area (Å²) in [5.41, 5.74) is 2.28. The van der Waals surface area contributed by atoms with Gasteiger partial charge in [-0.15, -0.1) is 0 Å². The Kier molecular flexibility index (Phi) is 5.14. The lowest BCUT2D eigenvalue weighted by molar-refractivity contribution is -0.116. The van der Waals surface area contributed by atoms with Crippen LogP contribution in [0.25, 0.3) is 17.1 Å². The van der Waals surface area contributed by atoms with Gasteiger partial charge in [0, 0.05) is 6.08 Å². The zero-order valence-corrected chi connectivity index (χ0v) is 13.1. The molecule has 0 bridgehead atoms. The molecule has 3 rings (SSSR count). The summed E-state index contributed by atoms with van der Waals surface area (Å²) in [6, 6.07) is 17.1. The van der Waals surface area contributed by atoms with Crippen LogP contribution in [0.4, 0.5) is 0 Å². The first-order valence-corrected chi connectivity index (χ1v) is 7.67. The largest absolute Gasteiger partial charge is 0.492 e. The standard InChI is InChI=1S/C19H17N3O2/c23-19(20-12-13-24-16-6-2-1-3-7-16)11-10-15-14-21-17-8-4-5-9-18(17)22-15/h1-11,14H,12-13H2,(H,20,23)/b11-10+. The van der Waals surface area contributed by atoms with Gasteiger partial charge in [0.05, 0.1) is 29.5 Å². The monoisotopic (exact) mass is 319 g/mol. The summed E-state index contributed by atoms with van der Waals surface area (Å²) in [5, 5.41) is 2.76. The van der Waals surface area contributed by atoms with Crippen molar-refractivity contribution in [2.75, 3.05) is 13.2 Å². The van der Waals surface area contributed by atoms with E-state index in [1.54, 1.807) is 12.3 Å². The van der Waals surface area contributed by atoms with Gasteiger partial charge in [0.2, 0.25) is 5.91 Å². The molecule has 0 spiro atoms. The highest BCUT2D eigenvalue weighted by molar-refractivity contribution is 5.91. The number of carbonyl (C=O) groups excluding carboxylic acids is 1. The number of nitrogens with zero attached hydrogens (tertiary/aromatic N) is 2. The summed E-state index contributed by atoms with van der Waals surface area (Å²) in [4.78, 5) is 20.5. The number of nitrogens with one attached hydrogen (secondary N) is 1. The summed E-state index contributed by atoms with van der Waals surface area (Å²) in [7, 11) is 0. The molecule has 0 aliphatic heterocycles. The number of hydrogen-bond acceptors (Lipinski definition) is 4.